The molecule has 1 aliphatic carbocycles. The summed E-state index contributed by atoms with van der Waals surface area (Å²) in [6, 6.07) is 3.99. The summed E-state index contributed by atoms with van der Waals surface area (Å²) in [5.41, 5.74) is 0.476. The molecule has 5 nitrogen and oxygen atoms in total. The average Bonchev–Trinajstić information content (AvgIpc) is 3.03. The van der Waals surface area contributed by atoms with Crippen LogP contribution in [-0.2, 0) is 19.9 Å². The van der Waals surface area contributed by atoms with Crippen molar-refractivity contribution in [3.63, 3.8) is 0 Å². The van der Waals surface area contributed by atoms with Crippen LogP contribution in [0.5, 0.6) is 0 Å². The molecule has 2 heterocycles. The van der Waals surface area contributed by atoms with Gasteiger partial charge in [0.2, 0.25) is 0 Å². The first-order chi connectivity index (χ1) is 12.2. The highest BCUT2D eigenvalue weighted by atomic mass is 79.9. The molecule has 1 spiro atoms. The number of nitrogens with one attached hydrogen (secondary N) is 1. The van der Waals surface area contributed by atoms with Gasteiger partial charge in [-0.1, -0.05) is 6.07 Å². The second-order valence-electron chi connectivity index (χ2n) is 8.67. The van der Waals surface area contributed by atoms with E-state index < -0.39 is 11.2 Å². The van der Waals surface area contributed by atoms with E-state index in [1.165, 1.54) is 6.42 Å². The van der Waals surface area contributed by atoms with Gasteiger partial charge in [0.05, 0.1) is 5.60 Å². The van der Waals surface area contributed by atoms with Crippen molar-refractivity contribution in [1.82, 2.24) is 10.3 Å². The molecule has 1 N–H and O–H groups in total. The molecule has 1 saturated carbocycles. The van der Waals surface area contributed by atoms with E-state index in [1.54, 1.807) is 0 Å². The van der Waals surface area contributed by atoms with Crippen LogP contribution >= 0.6 is 15.9 Å². The van der Waals surface area contributed by atoms with Gasteiger partial charge >= 0.3 is 5.97 Å². The van der Waals surface area contributed by atoms with Gasteiger partial charge in [0.25, 0.3) is 0 Å². The zero-order valence-electron chi connectivity index (χ0n) is 15.9. The predicted octanol–water partition coefficient (Wildman–Crippen LogP) is 3.95. The number of hydrogen-bond acceptors (Lipinski definition) is 5. The Kier molecular flexibility index (Phi) is 5.75. The molecule has 1 saturated heterocycles. The molecule has 2 aliphatic rings. The molecule has 0 atom stereocenters. The van der Waals surface area contributed by atoms with Gasteiger partial charge < -0.3 is 14.8 Å². The smallest absolute Gasteiger partial charge is 0.332 e. The molecule has 26 heavy (non-hydrogen) atoms. The van der Waals surface area contributed by atoms with Crippen LogP contribution in [0.3, 0.4) is 0 Å². The van der Waals surface area contributed by atoms with Crippen LogP contribution in [0.25, 0.3) is 0 Å². The monoisotopic (exact) mass is 424 g/mol. The third kappa shape index (κ3) is 4.65. The maximum absolute atomic E-state index is 12.2. The molecular formula is C20H29BrN2O3. The van der Waals surface area contributed by atoms with Crippen LogP contribution in [0.1, 0.15) is 58.4 Å². The summed E-state index contributed by atoms with van der Waals surface area (Å²) in [4.78, 5) is 16.6. The summed E-state index contributed by atoms with van der Waals surface area (Å²) < 4.78 is 12.5. The minimum absolute atomic E-state index is 0.0292. The molecule has 3 rings (SSSR count). The summed E-state index contributed by atoms with van der Waals surface area (Å²) in [5.74, 6) is -0.315. The Morgan fingerprint density at radius 3 is 2.50 bits per heavy atom. The Hall–Kier alpha value is -0.980. The number of hydrogen-bond donors (Lipinski definition) is 1. The highest BCUT2D eigenvalue weighted by Gasteiger charge is 2.46. The normalized spacial score (nSPS) is 29.1. The lowest BCUT2D eigenvalue weighted by Gasteiger charge is -2.44. The van der Waals surface area contributed by atoms with E-state index in [4.69, 9.17) is 9.47 Å². The minimum Gasteiger partial charge on any atom is -0.458 e. The van der Waals surface area contributed by atoms with Crippen LogP contribution in [0.4, 0.5) is 0 Å². The minimum atomic E-state index is -0.501. The van der Waals surface area contributed by atoms with Crippen LogP contribution in [0, 0.1) is 5.41 Å². The fourth-order valence-electron chi connectivity index (χ4n) is 4.14. The van der Waals surface area contributed by atoms with Gasteiger partial charge in [0.1, 0.15) is 16.8 Å². The Bertz CT molecular complexity index is 623. The van der Waals surface area contributed by atoms with Gasteiger partial charge in [0, 0.05) is 18.3 Å². The number of pyridine rings is 1. The van der Waals surface area contributed by atoms with E-state index in [1.807, 2.05) is 33.0 Å². The molecule has 1 aromatic heterocycles. The van der Waals surface area contributed by atoms with Crippen LogP contribution < -0.4 is 5.32 Å². The molecule has 1 aliphatic heterocycles. The summed E-state index contributed by atoms with van der Waals surface area (Å²) in [7, 11) is 0. The largest absolute Gasteiger partial charge is 0.458 e. The zero-order valence-corrected chi connectivity index (χ0v) is 17.5. The lowest BCUT2D eigenvalue weighted by molar-refractivity contribution is -0.172. The summed E-state index contributed by atoms with van der Waals surface area (Å²) >= 11 is 3.40. The number of carbonyl (C=O) groups is 1. The molecular weight excluding hydrogens is 396 g/mol. The van der Waals surface area contributed by atoms with E-state index in [0.29, 0.717) is 5.41 Å². The SMILES string of the molecule is CC(C)(C)OC(=O)COC1(c2ccc(Br)nc2)CCC2(CCNC2)CC1. The van der Waals surface area contributed by atoms with Crippen molar-refractivity contribution in [3.8, 4) is 0 Å². The maximum Gasteiger partial charge on any atom is 0.332 e. The van der Waals surface area contributed by atoms with Crippen molar-refractivity contribution >= 4 is 21.9 Å². The zero-order chi connectivity index (χ0) is 18.8. The van der Waals surface area contributed by atoms with Gasteiger partial charge in [-0.2, -0.15) is 0 Å². The van der Waals surface area contributed by atoms with Gasteiger partial charge in [-0.15, -0.1) is 0 Å². The summed E-state index contributed by atoms with van der Waals surface area (Å²) in [6.07, 6.45) is 7.11. The molecule has 0 bridgehead atoms. The number of ether oxygens (including phenoxy) is 2. The van der Waals surface area contributed by atoms with Crippen molar-refractivity contribution in [1.29, 1.82) is 0 Å². The van der Waals surface area contributed by atoms with Crippen LogP contribution in [-0.4, -0.2) is 36.3 Å². The fourth-order valence-corrected chi connectivity index (χ4v) is 4.37. The second-order valence-corrected chi connectivity index (χ2v) is 9.48. The van der Waals surface area contributed by atoms with E-state index in [0.717, 1.165) is 48.9 Å². The maximum atomic E-state index is 12.2. The topological polar surface area (TPSA) is 60.5 Å². The molecule has 6 heteroatoms. The van der Waals surface area contributed by atoms with Crippen molar-refractivity contribution in [3.05, 3.63) is 28.5 Å². The summed E-state index contributed by atoms with van der Waals surface area (Å²) in [6.45, 7) is 7.78. The van der Waals surface area contributed by atoms with Gasteiger partial charge in [-0.3, -0.25) is 0 Å². The predicted molar refractivity (Wildman–Crippen MR) is 104 cm³/mol. The molecule has 0 radical (unpaired) electrons. The first-order valence-corrected chi connectivity index (χ1v) is 10.2. The molecule has 144 valence electrons. The molecule has 0 unspecified atom stereocenters. The fraction of sp³-hybridized carbons (Fsp3) is 0.700. The standard InChI is InChI=1S/C20H29BrN2O3/c1-18(2,3)26-17(24)13-25-20(15-4-5-16(21)23-12-15)8-6-19(7-9-20)10-11-22-14-19/h4-5,12,22H,6-11,13-14H2,1-3H3. The Labute approximate surface area is 164 Å². The van der Waals surface area contributed by atoms with Gasteiger partial charge in [0.15, 0.2) is 0 Å². The number of nitrogens with zero attached hydrogens (tertiary/aromatic N) is 1. The number of halogens is 1. The lowest BCUT2D eigenvalue weighted by atomic mass is 9.66. The number of esters is 1. The number of carbonyl (C=O) groups excluding carboxylic acids is 1. The molecule has 2 fully saturated rings. The van der Waals surface area contributed by atoms with Crippen LogP contribution in [0.2, 0.25) is 0 Å². The van der Waals surface area contributed by atoms with Crippen LogP contribution in [0.15, 0.2) is 22.9 Å². The van der Waals surface area contributed by atoms with Gasteiger partial charge in [-0.25, -0.2) is 9.78 Å². The highest BCUT2D eigenvalue weighted by Crippen LogP contribution is 2.50. The first-order valence-electron chi connectivity index (χ1n) is 9.41. The van der Waals surface area contributed by atoms with E-state index in [2.05, 4.69) is 32.3 Å². The Morgan fingerprint density at radius 2 is 1.96 bits per heavy atom. The first kappa shape index (κ1) is 19.8. The number of aromatic nitrogens is 1. The third-order valence-electron chi connectivity index (χ3n) is 5.59. The lowest BCUT2D eigenvalue weighted by Crippen LogP contribution is -2.41. The molecule has 0 aromatic carbocycles. The molecule has 1 aromatic rings. The quantitative estimate of drug-likeness (QED) is 0.585. The van der Waals surface area contributed by atoms with E-state index >= 15 is 0 Å². The van der Waals surface area contributed by atoms with Gasteiger partial charge in [-0.05, 0) is 86.8 Å². The average molecular weight is 425 g/mol. The van der Waals surface area contributed by atoms with Crippen molar-refractivity contribution in [2.24, 2.45) is 5.41 Å². The van der Waals surface area contributed by atoms with Crippen molar-refractivity contribution in [2.45, 2.75) is 64.1 Å². The Balaban J connectivity index is 1.74. The highest BCUT2D eigenvalue weighted by molar-refractivity contribution is 9.10. The third-order valence-corrected chi connectivity index (χ3v) is 6.06. The molecule has 0 amide bonds. The van der Waals surface area contributed by atoms with E-state index in [9.17, 15) is 4.79 Å². The second kappa shape index (κ2) is 7.56. The summed E-state index contributed by atoms with van der Waals surface area (Å²) in [5, 5.41) is 3.50. The van der Waals surface area contributed by atoms with E-state index in [-0.39, 0.29) is 12.6 Å². The van der Waals surface area contributed by atoms with Crippen molar-refractivity contribution < 1.29 is 14.3 Å². The van der Waals surface area contributed by atoms with Crippen molar-refractivity contribution in [2.75, 3.05) is 19.7 Å². The Morgan fingerprint density at radius 1 is 1.23 bits per heavy atom. The number of rotatable bonds is 4.